The summed E-state index contributed by atoms with van der Waals surface area (Å²) in [5, 5.41) is 17.5. The average Bonchev–Trinajstić information content (AvgIpc) is 2.77. The van der Waals surface area contributed by atoms with E-state index in [4.69, 9.17) is 0 Å². The minimum absolute atomic E-state index is 0.336. The molecule has 7 nitrogen and oxygen atoms in total. The third-order valence-corrected chi connectivity index (χ3v) is 2.92. The maximum Gasteiger partial charge on any atom is 0.492 e. The zero-order valence-electron chi connectivity index (χ0n) is 7.89. The Balaban J connectivity index is 2.10. The van der Waals surface area contributed by atoms with E-state index in [0.717, 1.165) is 19.4 Å². The second kappa shape index (κ2) is 4.23. The molecule has 1 N–H and O–H groups in total. The lowest BCUT2D eigenvalue weighted by Gasteiger charge is -2.06. The fraction of sp³-hybridized carbons (Fsp3) is 0.714. The fourth-order valence-electron chi connectivity index (χ4n) is 1.63. The molecule has 8 heteroatoms. The molecule has 15 heavy (non-hydrogen) atoms. The lowest BCUT2D eigenvalue weighted by atomic mass is 10.2. The van der Waals surface area contributed by atoms with E-state index in [1.165, 1.54) is 4.68 Å². The normalized spacial score (nSPS) is 20.7. The standard InChI is InChI=1S/C7H10BrN5O2/c8-6-10-7(13(14)15)11-12(6)4-5-2-1-3-9-5/h5,9H,1-4H2. The van der Waals surface area contributed by atoms with Crippen LogP contribution < -0.4 is 5.32 Å². The van der Waals surface area contributed by atoms with Gasteiger partial charge in [0.2, 0.25) is 0 Å². The van der Waals surface area contributed by atoms with E-state index in [1.54, 1.807) is 0 Å². The first-order chi connectivity index (χ1) is 7.16. The average molecular weight is 276 g/mol. The maximum atomic E-state index is 10.4. The Labute approximate surface area is 94.1 Å². The van der Waals surface area contributed by atoms with Gasteiger partial charge < -0.3 is 15.4 Å². The first-order valence-corrected chi connectivity index (χ1v) is 5.44. The number of aromatic nitrogens is 3. The Morgan fingerprint density at radius 3 is 3.07 bits per heavy atom. The van der Waals surface area contributed by atoms with Gasteiger partial charge in [0.05, 0.1) is 6.54 Å². The highest BCUT2D eigenvalue weighted by molar-refractivity contribution is 9.10. The summed E-state index contributed by atoms with van der Waals surface area (Å²) >= 11 is 3.15. The van der Waals surface area contributed by atoms with Crippen LogP contribution in [0.1, 0.15) is 12.8 Å². The molecule has 1 saturated heterocycles. The van der Waals surface area contributed by atoms with Crippen molar-refractivity contribution in [3.63, 3.8) is 0 Å². The van der Waals surface area contributed by atoms with Crippen molar-refractivity contribution in [1.82, 2.24) is 20.1 Å². The van der Waals surface area contributed by atoms with Crippen LogP contribution in [0.2, 0.25) is 0 Å². The number of hydrogen-bond acceptors (Lipinski definition) is 5. The summed E-state index contributed by atoms with van der Waals surface area (Å²) in [6, 6.07) is 0.336. The molecule has 0 aromatic carbocycles. The van der Waals surface area contributed by atoms with Crippen LogP contribution in [0.15, 0.2) is 4.73 Å². The van der Waals surface area contributed by atoms with E-state index in [2.05, 4.69) is 31.3 Å². The minimum Gasteiger partial charge on any atom is -0.390 e. The van der Waals surface area contributed by atoms with E-state index in [1.807, 2.05) is 0 Å². The third kappa shape index (κ3) is 2.32. The van der Waals surface area contributed by atoms with Crippen LogP contribution in [-0.4, -0.2) is 32.3 Å². The second-order valence-corrected chi connectivity index (χ2v) is 4.12. The van der Waals surface area contributed by atoms with Crippen molar-refractivity contribution in [1.29, 1.82) is 0 Å². The molecule has 2 heterocycles. The molecule has 0 amide bonds. The Kier molecular flexibility index (Phi) is 2.96. The summed E-state index contributed by atoms with van der Waals surface area (Å²) < 4.78 is 1.92. The highest BCUT2D eigenvalue weighted by atomic mass is 79.9. The zero-order valence-corrected chi connectivity index (χ0v) is 9.48. The largest absolute Gasteiger partial charge is 0.492 e. The molecule has 0 saturated carbocycles. The molecule has 0 aliphatic carbocycles. The molecule has 1 aromatic heterocycles. The van der Waals surface area contributed by atoms with Gasteiger partial charge >= 0.3 is 5.95 Å². The predicted octanol–water partition coefficient (Wildman–Crippen LogP) is 0.701. The molecule has 1 atom stereocenters. The highest BCUT2D eigenvalue weighted by Gasteiger charge is 2.23. The summed E-state index contributed by atoms with van der Waals surface area (Å²) in [6.45, 7) is 1.61. The van der Waals surface area contributed by atoms with Crippen LogP contribution in [-0.2, 0) is 6.54 Å². The van der Waals surface area contributed by atoms with Crippen LogP contribution >= 0.6 is 15.9 Å². The lowest BCUT2D eigenvalue weighted by molar-refractivity contribution is -0.394. The lowest BCUT2D eigenvalue weighted by Crippen LogP contribution is -2.27. The van der Waals surface area contributed by atoms with E-state index >= 15 is 0 Å². The van der Waals surface area contributed by atoms with E-state index in [0.29, 0.717) is 17.3 Å². The van der Waals surface area contributed by atoms with Gasteiger partial charge in [-0.25, -0.2) is 0 Å². The minimum atomic E-state index is -0.594. The van der Waals surface area contributed by atoms with Crippen LogP contribution in [0.25, 0.3) is 0 Å². The van der Waals surface area contributed by atoms with Gasteiger partial charge in [-0.3, -0.25) is 0 Å². The quantitative estimate of drug-likeness (QED) is 0.648. The first-order valence-electron chi connectivity index (χ1n) is 4.65. The Hall–Kier alpha value is -1.02. The number of nitro groups is 1. The fourth-order valence-corrected chi connectivity index (χ4v) is 2.01. The monoisotopic (exact) mass is 275 g/mol. The molecule has 1 aliphatic heterocycles. The van der Waals surface area contributed by atoms with E-state index < -0.39 is 4.92 Å². The topological polar surface area (TPSA) is 85.9 Å². The van der Waals surface area contributed by atoms with Crippen LogP contribution in [0.4, 0.5) is 5.95 Å². The number of rotatable bonds is 3. The van der Waals surface area contributed by atoms with E-state index in [9.17, 15) is 10.1 Å². The summed E-state index contributed by atoms with van der Waals surface area (Å²) in [5.74, 6) is -0.361. The zero-order chi connectivity index (χ0) is 10.8. The number of halogens is 1. The van der Waals surface area contributed by atoms with Crippen molar-refractivity contribution in [2.24, 2.45) is 0 Å². The van der Waals surface area contributed by atoms with Gasteiger partial charge in [0.1, 0.15) is 0 Å². The molecule has 2 rings (SSSR count). The molecule has 82 valence electrons. The van der Waals surface area contributed by atoms with Crippen molar-refractivity contribution in [3.8, 4) is 0 Å². The molecular weight excluding hydrogens is 266 g/mol. The number of nitrogens with zero attached hydrogens (tertiary/aromatic N) is 4. The predicted molar refractivity (Wildman–Crippen MR) is 55.4 cm³/mol. The molecule has 0 radical (unpaired) electrons. The molecule has 1 aromatic rings. The summed E-state index contributed by atoms with van der Waals surface area (Å²) in [4.78, 5) is 13.5. The molecule has 1 unspecified atom stereocenters. The van der Waals surface area contributed by atoms with Crippen LogP contribution in [0.3, 0.4) is 0 Å². The number of hydrogen-bond donors (Lipinski definition) is 1. The summed E-state index contributed by atoms with van der Waals surface area (Å²) in [5.41, 5.74) is 0. The van der Waals surface area contributed by atoms with Crippen LogP contribution in [0.5, 0.6) is 0 Å². The van der Waals surface area contributed by atoms with Gasteiger partial charge in [0.25, 0.3) is 4.73 Å². The first kappa shape index (κ1) is 10.5. The van der Waals surface area contributed by atoms with Crippen molar-refractivity contribution in [3.05, 3.63) is 14.8 Å². The SMILES string of the molecule is O=[N+]([O-])c1nc(Br)n(CC2CCCN2)n1. The van der Waals surface area contributed by atoms with Gasteiger partial charge in [-0.05, 0) is 29.3 Å². The highest BCUT2D eigenvalue weighted by Crippen LogP contribution is 2.14. The van der Waals surface area contributed by atoms with Gasteiger partial charge in [-0.1, -0.05) is 0 Å². The Morgan fingerprint density at radius 2 is 2.53 bits per heavy atom. The molecule has 0 spiro atoms. The third-order valence-electron chi connectivity index (χ3n) is 2.33. The van der Waals surface area contributed by atoms with Gasteiger partial charge in [0.15, 0.2) is 0 Å². The molecule has 1 fully saturated rings. The van der Waals surface area contributed by atoms with Crippen molar-refractivity contribution in [2.45, 2.75) is 25.4 Å². The molecule has 0 bridgehead atoms. The van der Waals surface area contributed by atoms with Gasteiger partial charge in [-0.2, -0.15) is 4.68 Å². The summed E-state index contributed by atoms with van der Waals surface area (Å²) in [7, 11) is 0. The number of nitrogens with one attached hydrogen (secondary N) is 1. The molecular formula is C7H10BrN5O2. The van der Waals surface area contributed by atoms with Gasteiger partial charge in [0, 0.05) is 27.1 Å². The van der Waals surface area contributed by atoms with Gasteiger partial charge in [-0.15, -0.1) is 0 Å². The molecule has 1 aliphatic rings. The Morgan fingerprint density at radius 1 is 1.73 bits per heavy atom. The van der Waals surface area contributed by atoms with Crippen LogP contribution in [0, 0.1) is 10.1 Å². The van der Waals surface area contributed by atoms with Crippen molar-refractivity contribution in [2.75, 3.05) is 6.54 Å². The van der Waals surface area contributed by atoms with Crippen molar-refractivity contribution < 1.29 is 4.92 Å². The smallest absolute Gasteiger partial charge is 0.390 e. The maximum absolute atomic E-state index is 10.4. The van der Waals surface area contributed by atoms with Crippen molar-refractivity contribution >= 4 is 21.9 Å². The second-order valence-electron chi connectivity index (χ2n) is 3.41. The van der Waals surface area contributed by atoms with E-state index in [-0.39, 0.29) is 5.95 Å². The Bertz CT molecular complexity index is 373. The summed E-state index contributed by atoms with van der Waals surface area (Å²) in [6.07, 6.45) is 2.21.